The van der Waals surface area contributed by atoms with E-state index in [9.17, 15) is 0 Å². The van der Waals surface area contributed by atoms with E-state index in [0.29, 0.717) is 19.8 Å². The van der Waals surface area contributed by atoms with Crippen molar-refractivity contribution in [2.75, 3.05) is 19.5 Å². The van der Waals surface area contributed by atoms with Crippen LogP contribution in [0.5, 0.6) is 11.5 Å². The summed E-state index contributed by atoms with van der Waals surface area (Å²) in [6.45, 7) is 1.59. The van der Waals surface area contributed by atoms with Gasteiger partial charge in [-0.25, -0.2) is 0 Å². The molecule has 2 aromatic rings. The molecule has 0 aliphatic heterocycles. The highest BCUT2D eigenvalue weighted by Gasteiger charge is 2.01. The molecule has 0 aliphatic rings. The van der Waals surface area contributed by atoms with Gasteiger partial charge in [0.1, 0.15) is 24.7 Å². The fraction of sp³-hybridized carbons (Fsp3) is 0.250. The van der Waals surface area contributed by atoms with E-state index < -0.39 is 0 Å². The smallest absolute Gasteiger partial charge is 0.133 e. The molecule has 4 heteroatoms. The molecule has 20 heavy (non-hydrogen) atoms. The van der Waals surface area contributed by atoms with Gasteiger partial charge in [-0.1, -0.05) is 24.3 Å². The lowest BCUT2D eigenvalue weighted by Crippen LogP contribution is -2.09. The summed E-state index contributed by atoms with van der Waals surface area (Å²) in [5, 5.41) is 0. The average molecular weight is 289 g/mol. The Hall–Kier alpha value is -1.65. The van der Waals surface area contributed by atoms with Gasteiger partial charge in [0.05, 0.1) is 0 Å². The fourth-order valence-corrected chi connectivity index (χ4v) is 2.31. The lowest BCUT2D eigenvalue weighted by Gasteiger charge is -2.11. The number of ether oxygens (including phenoxy) is 2. The summed E-state index contributed by atoms with van der Waals surface area (Å²) in [7, 11) is 0. The van der Waals surface area contributed by atoms with Gasteiger partial charge in [0, 0.05) is 11.4 Å². The van der Waals surface area contributed by atoms with Crippen molar-refractivity contribution in [1.29, 1.82) is 0 Å². The van der Waals surface area contributed by atoms with Crippen molar-refractivity contribution in [3.63, 3.8) is 0 Å². The molecule has 0 atom stereocenters. The lowest BCUT2D eigenvalue weighted by molar-refractivity contribution is 0.214. The van der Waals surface area contributed by atoms with Crippen molar-refractivity contribution in [2.24, 2.45) is 5.73 Å². The summed E-state index contributed by atoms with van der Waals surface area (Å²) >= 11 is 1.68. The number of benzene rings is 2. The van der Waals surface area contributed by atoms with E-state index in [1.807, 2.05) is 54.8 Å². The van der Waals surface area contributed by atoms with Crippen LogP contribution in [-0.4, -0.2) is 19.5 Å². The molecule has 0 unspecified atom stereocenters. The van der Waals surface area contributed by atoms with Crippen LogP contribution in [0.15, 0.2) is 53.4 Å². The summed E-state index contributed by atoms with van der Waals surface area (Å²) in [4.78, 5) is 1.14. The highest BCUT2D eigenvalue weighted by atomic mass is 32.2. The average Bonchev–Trinajstić information content (AvgIpc) is 2.52. The minimum atomic E-state index is 0.519. The van der Waals surface area contributed by atoms with Crippen LogP contribution in [-0.2, 0) is 6.54 Å². The summed E-state index contributed by atoms with van der Waals surface area (Å²) in [6.07, 6.45) is 2.04. The quantitative estimate of drug-likeness (QED) is 0.627. The Morgan fingerprint density at radius 1 is 0.950 bits per heavy atom. The van der Waals surface area contributed by atoms with E-state index in [4.69, 9.17) is 15.2 Å². The van der Waals surface area contributed by atoms with Crippen LogP contribution in [0.3, 0.4) is 0 Å². The van der Waals surface area contributed by atoms with Crippen LogP contribution >= 0.6 is 11.8 Å². The minimum absolute atomic E-state index is 0.519. The molecule has 2 aromatic carbocycles. The van der Waals surface area contributed by atoms with Crippen LogP contribution in [0.4, 0.5) is 0 Å². The number of hydrogen-bond donors (Lipinski definition) is 1. The van der Waals surface area contributed by atoms with Gasteiger partial charge in [0.25, 0.3) is 0 Å². The zero-order chi connectivity index (χ0) is 14.2. The number of hydrogen-bond acceptors (Lipinski definition) is 4. The predicted octanol–water partition coefficient (Wildman–Crippen LogP) is 3.33. The number of para-hydroxylation sites is 1. The van der Waals surface area contributed by atoms with E-state index in [1.165, 1.54) is 0 Å². The fourth-order valence-electron chi connectivity index (χ4n) is 1.77. The number of thioether (sulfide) groups is 1. The van der Waals surface area contributed by atoms with E-state index in [1.54, 1.807) is 11.8 Å². The van der Waals surface area contributed by atoms with Crippen molar-refractivity contribution in [2.45, 2.75) is 11.4 Å². The standard InChI is InChI=1S/C16H19NO2S/c1-20-16-5-3-2-4-15(16)19-11-10-18-14-8-6-13(12-17)7-9-14/h2-9H,10-12,17H2,1H3. The summed E-state index contributed by atoms with van der Waals surface area (Å²) in [6, 6.07) is 15.8. The second kappa shape index (κ2) is 7.82. The van der Waals surface area contributed by atoms with Crippen LogP contribution in [0.2, 0.25) is 0 Å². The first-order chi connectivity index (χ1) is 9.83. The first-order valence-electron chi connectivity index (χ1n) is 6.51. The number of rotatable bonds is 7. The van der Waals surface area contributed by atoms with Gasteiger partial charge < -0.3 is 15.2 Å². The molecular formula is C16H19NO2S. The van der Waals surface area contributed by atoms with Gasteiger partial charge in [-0.2, -0.15) is 0 Å². The van der Waals surface area contributed by atoms with Gasteiger partial charge in [-0.3, -0.25) is 0 Å². The Labute approximate surface area is 124 Å². The number of nitrogens with two attached hydrogens (primary N) is 1. The third kappa shape index (κ3) is 4.18. The molecule has 0 spiro atoms. The molecule has 0 aliphatic carbocycles. The van der Waals surface area contributed by atoms with Crippen LogP contribution < -0.4 is 15.2 Å². The molecular weight excluding hydrogens is 270 g/mol. The first kappa shape index (κ1) is 14.8. The Balaban J connectivity index is 1.78. The topological polar surface area (TPSA) is 44.5 Å². The molecule has 0 saturated heterocycles. The van der Waals surface area contributed by atoms with E-state index >= 15 is 0 Å². The summed E-state index contributed by atoms with van der Waals surface area (Å²) < 4.78 is 11.4. The Morgan fingerprint density at radius 3 is 2.35 bits per heavy atom. The monoisotopic (exact) mass is 289 g/mol. The van der Waals surface area contributed by atoms with Crippen molar-refractivity contribution in [3.05, 3.63) is 54.1 Å². The maximum absolute atomic E-state index is 5.73. The Morgan fingerprint density at radius 2 is 1.65 bits per heavy atom. The maximum Gasteiger partial charge on any atom is 0.133 e. The van der Waals surface area contributed by atoms with E-state index in [0.717, 1.165) is 22.0 Å². The van der Waals surface area contributed by atoms with Crippen LogP contribution in [0, 0.1) is 0 Å². The lowest BCUT2D eigenvalue weighted by atomic mass is 10.2. The van der Waals surface area contributed by atoms with Gasteiger partial charge in [-0.05, 0) is 36.1 Å². The van der Waals surface area contributed by atoms with Crippen molar-refractivity contribution in [1.82, 2.24) is 0 Å². The normalized spacial score (nSPS) is 10.3. The second-order valence-electron chi connectivity index (χ2n) is 4.20. The Bertz CT molecular complexity index is 528. The van der Waals surface area contributed by atoms with Crippen molar-refractivity contribution >= 4 is 11.8 Å². The third-order valence-electron chi connectivity index (χ3n) is 2.84. The SMILES string of the molecule is CSc1ccccc1OCCOc1ccc(CN)cc1. The zero-order valence-corrected chi connectivity index (χ0v) is 12.4. The molecule has 2 rings (SSSR count). The minimum Gasteiger partial charge on any atom is -0.490 e. The molecule has 106 valence electrons. The zero-order valence-electron chi connectivity index (χ0n) is 11.5. The second-order valence-corrected chi connectivity index (χ2v) is 5.04. The first-order valence-corrected chi connectivity index (χ1v) is 7.73. The van der Waals surface area contributed by atoms with Crippen molar-refractivity contribution in [3.8, 4) is 11.5 Å². The molecule has 0 amide bonds. The highest BCUT2D eigenvalue weighted by Crippen LogP contribution is 2.26. The largest absolute Gasteiger partial charge is 0.490 e. The van der Waals surface area contributed by atoms with Gasteiger partial charge >= 0.3 is 0 Å². The summed E-state index contributed by atoms with van der Waals surface area (Å²) in [5.74, 6) is 1.74. The highest BCUT2D eigenvalue weighted by molar-refractivity contribution is 7.98. The molecule has 2 N–H and O–H groups in total. The molecule has 0 fully saturated rings. The van der Waals surface area contributed by atoms with Crippen LogP contribution in [0.25, 0.3) is 0 Å². The van der Waals surface area contributed by atoms with E-state index in [-0.39, 0.29) is 0 Å². The molecule has 3 nitrogen and oxygen atoms in total. The molecule has 0 heterocycles. The third-order valence-corrected chi connectivity index (χ3v) is 3.61. The maximum atomic E-state index is 5.73. The Kier molecular flexibility index (Phi) is 5.77. The van der Waals surface area contributed by atoms with Gasteiger partial charge in [-0.15, -0.1) is 11.8 Å². The summed E-state index contributed by atoms with van der Waals surface area (Å²) in [5.41, 5.74) is 6.65. The van der Waals surface area contributed by atoms with Crippen LogP contribution in [0.1, 0.15) is 5.56 Å². The molecule has 0 saturated carbocycles. The van der Waals surface area contributed by atoms with Gasteiger partial charge in [0.15, 0.2) is 0 Å². The molecule has 0 bridgehead atoms. The van der Waals surface area contributed by atoms with E-state index in [2.05, 4.69) is 0 Å². The van der Waals surface area contributed by atoms with Crippen molar-refractivity contribution < 1.29 is 9.47 Å². The molecule has 0 radical (unpaired) electrons. The van der Waals surface area contributed by atoms with Gasteiger partial charge in [0.2, 0.25) is 0 Å². The predicted molar refractivity (Wildman–Crippen MR) is 83.5 cm³/mol. The molecule has 0 aromatic heterocycles.